The molecule has 1 aromatic carbocycles. The monoisotopic (exact) mass is 254 g/mol. The highest BCUT2D eigenvalue weighted by molar-refractivity contribution is 6.30. The van der Waals surface area contributed by atoms with Crippen LogP contribution < -0.4 is 4.74 Å². The molecular formula is C13H15ClO3. The summed E-state index contributed by atoms with van der Waals surface area (Å²) in [5, 5.41) is 10.0. The maximum Gasteiger partial charge on any atom is 0.314 e. The Morgan fingerprint density at radius 1 is 1.47 bits per heavy atom. The number of aryl methyl sites for hydroxylation is 1. The van der Waals surface area contributed by atoms with Gasteiger partial charge in [-0.05, 0) is 37.5 Å². The Kier molecular flexibility index (Phi) is 3.04. The van der Waals surface area contributed by atoms with Gasteiger partial charge in [0, 0.05) is 10.6 Å². The molecule has 17 heavy (non-hydrogen) atoms. The predicted molar refractivity (Wildman–Crippen MR) is 65.9 cm³/mol. The molecule has 0 atom stereocenters. The van der Waals surface area contributed by atoms with E-state index in [0.29, 0.717) is 29.2 Å². The molecule has 1 saturated carbocycles. The summed E-state index contributed by atoms with van der Waals surface area (Å²) in [6.07, 6.45) is 2.23. The maximum atomic E-state index is 11.5. The van der Waals surface area contributed by atoms with E-state index in [1.54, 1.807) is 19.2 Å². The van der Waals surface area contributed by atoms with Crippen LogP contribution in [0.25, 0.3) is 0 Å². The molecular weight excluding hydrogens is 240 g/mol. The SMILES string of the molecule is COc1c(C)cc(Cl)cc1C1(C(=O)O)CCC1. The Morgan fingerprint density at radius 3 is 2.53 bits per heavy atom. The molecule has 92 valence electrons. The van der Waals surface area contributed by atoms with E-state index in [1.165, 1.54) is 0 Å². The molecule has 0 heterocycles. The molecule has 4 heteroatoms. The molecule has 1 fully saturated rings. The normalized spacial score (nSPS) is 17.4. The van der Waals surface area contributed by atoms with Gasteiger partial charge in [-0.3, -0.25) is 4.79 Å². The highest BCUT2D eigenvalue weighted by Gasteiger charge is 2.48. The largest absolute Gasteiger partial charge is 0.496 e. The zero-order chi connectivity index (χ0) is 12.6. The number of carboxylic acids is 1. The number of rotatable bonds is 3. The van der Waals surface area contributed by atoms with Crippen LogP contribution >= 0.6 is 11.6 Å². The molecule has 1 aliphatic carbocycles. The van der Waals surface area contributed by atoms with E-state index in [2.05, 4.69) is 0 Å². The molecule has 1 aliphatic rings. The molecule has 2 rings (SSSR count). The second kappa shape index (κ2) is 4.22. The maximum absolute atomic E-state index is 11.5. The second-order valence-corrected chi connectivity index (χ2v) is 4.98. The number of methoxy groups -OCH3 is 1. The molecule has 3 nitrogen and oxygen atoms in total. The van der Waals surface area contributed by atoms with Crippen molar-refractivity contribution in [1.29, 1.82) is 0 Å². The van der Waals surface area contributed by atoms with Crippen LogP contribution in [0.1, 0.15) is 30.4 Å². The van der Waals surface area contributed by atoms with Gasteiger partial charge in [0.05, 0.1) is 12.5 Å². The molecule has 1 aromatic rings. The van der Waals surface area contributed by atoms with Crippen LogP contribution in [0.5, 0.6) is 5.75 Å². The molecule has 0 radical (unpaired) electrons. The van der Waals surface area contributed by atoms with Gasteiger partial charge in [0.25, 0.3) is 0 Å². The molecule has 0 saturated heterocycles. The highest BCUT2D eigenvalue weighted by Crippen LogP contribution is 2.48. The Morgan fingerprint density at radius 2 is 2.12 bits per heavy atom. The number of hydrogen-bond donors (Lipinski definition) is 1. The first-order valence-corrected chi connectivity index (χ1v) is 5.97. The molecule has 0 amide bonds. The van der Waals surface area contributed by atoms with E-state index in [4.69, 9.17) is 16.3 Å². The summed E-state index contributed by atoms with van der Waals surface area (Å²) < 4.78 is 5.34. The first kappa shape index (κ1) is 12.2. The van der Waals surface area contributed by atoms with Crippen molar-refractivity contribution in [2.75, 3.05) is 7.11 Å². The van der Waals surface area contributed by atoms with Crippen LogP contribution in [0.3, 0.4) is 0 Å². The Balaban J connectivity index is 2.61. The minimum atomic E-state index is -0.805. The number of ether oxygens (including phenoxy) is 1. The van der Waals surface area contributed by atoms with Gasteiger partial charge in [0.1, 0.15) is 5.75 Å². The molecule has 0 aliphatic heterocycles. The molecule has 0 spiro atoms. The highest BCUT2D eigenvalue weighted by atomic mass is 35.5. The number of hydrogen-bond acceptors (Lipinski definition) is 2. The first-order chi connectivity index (χ1) is 8.01. The first-order valence-electron chi connectivity index (χ1n) is 5.59. The summed E-state index contributed by atoms with van der Waals surface area (Å²) in [4.78, 5) is 11.5. The van der Waals surface area contributed by atoms with Gasteiger partial charge in [-0.1, -0.05) is 18.0 Å². The zero-order valence-corrected chi connectivity index (χ0v) is 10.7. The summed E-state index contributed by atoms with van der Waals surface area (Å²) in [5.41, 5.74) is 0.785. The van der Waals surface area contributed by atoms with Crippen LogP contribution in [0.2, 0.25) is 5.02 Å². The van der Waals surface area contributed by atoms with Gasteiger partial charge in [0.2, 0.25) is 0 Å². The van der Waals surface area contributed by atoms with Crippen LogP contribution in [-0.4, -0.2) is 18.2 Å². The average Bonchev–Trinajstić information content (AvgIpc) is 2.14. The minimum absolute atomic E-state index is 0.561. The van der Waals surface area contributed by atoms with Crippen LogP contribution in [0.4, 0.5) is 0 Å². The van der Waals surface area contributed by atoms with Crippen molar-refractivity contribution in [3.05, 3.63) is 28.3 Å². The fraction of sp³-hybridized carbons (Fsp3) is 0.462. The van der Waals surface area contributed by atoms with Gasteiger partial charge in [-0.15, -0.1) is 0 Å². The van der Waals surface area contributed by atoms with Crippen LogP contribution in [0.15, 0.2) is 12.1 Å². The lowest BCUT2D eigenvalue weighted by Gasteiger charge is -2.39. The standard InChI is InChI=1S/C13H15ClO3/c1-8-6-9(14)7-10(11(8)17-2)13(12(15)16)4-3-5-13/h6-7H,3-5H2,1-2H3,(H,15,16). The van der Waals surface area contributed by atoms with Crippen LogP contribution in [-0.2, 0) is 10.2 Å². The summed E-state index contributed by atoms with van der Waals surface area (Å²) in [5.74, 6) is -0.139. The molecule has 0 bridgehead atoms. The van der Waals surface area contributed by atoms with Crippen molar-refractivity contribution in [3.63, 3.8) is 0 Å². The Labute approximate surface area is 105 Å². The van der Waals surface area contributed by atoms with Gasteiger partial charge in [-0.2, -0.15) is 0 Å². The predicted octanol–water partition coefficient (Wildman–Crippen LogP) is 3.16. The Bertz CT molecular complexity index is 464. The number of aliphatic carboxylic acids is 1. The topological polar surface area (TPSA) is 46.5 Å². The van der Waals surface area contributed by atoms with Gasteiger partial charge < -0.3 is 9.84 Å². The number of benzene rings is 1. The van der Waals surface area contributed by atoms with Crippen molar-refractivity contribution in [3.8, 4) is 5.75 Å². The third kappa shape index (κ3) is 1.78. The van der Waals surface area contributed by atoms with Crippen molar-refractivity contribution in [2.24, 2.45) is 0 Å². The molecule has 0 aromatic heterocycles. The lowest BCUT2D eigenvalue weighted by Crippen LogP contribution is -2.42. The third-order valence-corrected chi connectivity index (χ3v) is 3.79. The third-order valence-electron chi connectivity index (χ3n) is 3.58. The lowest BCUT2D eigenvalue weighted by molar-refractivity contribution is -0.147. The van der Waals surface area contributed by atoms with Crippen molar-refractivity contribution in [2.45, 2.75) is 31.6 Å². The van der Waals surface area contributed by atoms with Gasteiger partial charge in [0.15, 0.2) is 0 Å². The molecule has 0 unspecified atom stereocenters. The summed E-state index contributed by atoms with van der Waals surface area (Å²) in [6.45, 7) is 1.88. The van der Waals surface area contributed by atoms with Gasteiger partial charge >= 0.3 is 5.97 Å². The fourth-order valence-electron chi connectivity index (χ4n) is 2.49. The zero-order valence-electron chi connectivity index (χ0n) is 9.92. The van der Waals surface area contributed by atoms with Crippen LogP contribution in [0, 0.1) is 6.92 Å². The van der Waals surface area contributed by atoms with E-state index >= 15 is 0 Å². The van der Waals surface area contributed by atoms with E-state index in [1.807, 2.05) is 6.92 Å². The van der Waals surface area contributed by atoms with E-state index in [0.717, 1.165) is 12.0 Å². The second-order valence-electron chi connectivity index (χ2n) is 4.54. The summed E-state index contributed by atoms with van der Waals surface area (Å²) in [6, 6.07) is 3.51. The smallest absolute Gasteiger partial charge is 0.314 e. The van der Waals surface area contributed by atoms with E-state index in [9.17, 15) is 9.90 Å². The van der Waals surface area contributed by atoms with Crippen molar-refractivity contribution in [1.82, 2.24) is 0 Å². The average molecular weight is 255 g/mol. The number of carbonyl (C=O) groups is 1. The number of halogens is 1. The van der Waals surface area contributed by atoms with Crippen molar-refractivity contribution >= 4 is 17.6 Å². The van der Waals surface area contributed by atoms with Gasteiger partial charge in [-0.25, -0.2) is 0 Å². The lowest BCUT2D eigenvalue weighted by atomic mass is 9.64. The van der Waals surface area contributed by atoms with Crippen molar-refractivity contribution < 1.29 is 14.6 Å². The number of carboxylic acid groups (broad SMARTS) is 1. The quantitative estimate of drug-likeness (QED) is 0.901. The summed E-state index contributed by atoms with van der Waals surface area (Å²) in [7, 11) is 1.56. The van der Waals surface area contributed by atoms with E-state index < -0.39 is 11.4 Å². The Hall–Kier alpha value is -1.22. The van der Waals surface area contributed by atoms with E-state index in [-0.39, 0.29) is 0 Å². The molecule has 1 N–H and O–H groups in total. The minimum Gasteiger partial charge on any atom is -0.496 e. The fourth-order valence-corrected chi connectivity index (χ4v) is 2.76. The summed E-state index contributed by atoms with van der Waals surface area (Å²) >= 11 is 6.02.